The minimum atomic E-state index is -0.460. The van der Waals surface area contributed by atoms with Crippen molar-refractivity contribution in [1.82, 2.24) is 4.57 Å². The zero-order valence-electron chi connectivity index (χ0n) is 33.3. The fraction of sp³-hybridized carbons (Fsp3) is 0.0169. The maximum absolute atomic E-state index is 2.47. The summed E-state index contributed by atoms with van der Waals surface area (Å²) in [5, 5.41) is 4.99. The molecule has 0 radical (unpaired) electrons. The molecule has 2 nitrogen and oxygen atoms in total. The number of anilines is 3. The highest BCUT2D eigenvalue weighted by Gasteiger charge is 2.50. The normalized spacial score (nSPS) is 13.0. The topological polar surface area (TPSA) is 8.17 Å². The Morgan fingerprint density at radius 2 is 0.869 bits per heavy atom. The van der Waals surface area contributed by atoms with Gasteiger partial charge in [0.15, 0.2) is 0 Å². The van der Waals surface area contributed by atoms with Crippen LogP contribution < -0.4 is 4.90 Å². The van der Waals surface area contributed by atoms with Gasteiger partial charge >= 0.3 is 0 Å². The first-order valence-electron chi connectivity index (χ1n) is 21.2. The van der Waals surface area contributed by atoms with Crippen LogP contribution in [-0.4, -0.2) is 4.57 Å². The Bertz CT molecular complexity index is 3500. The van der Waals surface area contributed by atoms with Crippen molar-refractivity contribution < 1.29 is 0 Å². The Balaban J connectivity index is 1.10. The van der Waals surface area contributed by atoms with Crippen LogP contribution in [0.3, 0.4) is 0 Å². The van der Waals surface area contributed by atoms with Crippen LogP contribution in [0.15, 0.2) is 231 Å². The van der Waals surface area contributed by atoms with Gasteiger partial charge in [-0.25, -0.2) is 0 Å². The lowest BCUT2D eigenvalue weighted by Gasteiger charge is -2.40. The van der Waals surface area contributed by atoms with Crippen LogP contribution in [0.4, 0.5) is 17.1 Å². The van der Waals surface area contributed by atoms with E-state index >= 15 is 0 Å². The zero-order chi connectivity index (χ0) is 40.1. The van der Waals surface area contributed by atoms with Gasteiger partial charge in [-0.15, -0.1) is 0 Å². The number of hydrogen-bond donors (Lipinski definition) is 0. The molecule has 0 N–H and O–H groups in total. The molecular weight excluding hydrogens is 737 g/mol. The van der Waals surface area contributed by atoms with Crippen LogP contribution >= 0.6 is 0 Å². The largest absolute Gasteiger partial charge is 0.310 e. The smallest absolute Gasteiger partial charge is 0.0725 e. The average molecular weight is 775 g/mol. The molecule has 2 aliphatic carbocycles. The van der Waals surface area contributed by atoms with Gasteiger partial charge in [-0.1, -0.05) is 188 Å². The summed E-state index contributed by atoms with van der Waals surface area (Å²) >= 11 is 0. The molecule has 0 unspecified atom stereocenters. The standard InChI is InChI=1S/C59H38N2/c1-3-18-39(19-4-1)42-22-10-15-32-54(42)61-55-33-16-11-26-46(55)47-35-34-41(38-57(47)61)60(40-20-5-2-6-21-40)56-37-36-48-45-25-9-14-30-52(45)59(53-31-17-27-49(56)58(48)53)50-28-12-7-23-43(50)44-24-8-13-29-51(44)59/h1-38H. The molecule has 10 aromatic carbocycles. The third-order valence-electron chi connectivity index (χ3n) is 13.4. The molecule has 61 heavy (non-hydrogen) atoms. The van der Waals surface area contributed by atoms with Gasteiger partial charge in [0.2, 0.25) is 0 Å². The Labute approximate surface area is 354 Å². The fourth-order valence-corrected chi connectivity index (χ4v) is 11.0. The van der Waals surface area contributed by atoms with E-state index in [2.05, 4.69) is 240 Å². The lowest BCUT2D eigenvalue weighted by Crippen LogP contribution is -2.31. The van der Waals surface area contributed by atoms with E-state index in [1.165, 1.54) is 82.7 Å². The SMILES string of the molecule is c1ccc(-c2ccccc2-n2c3ccccc3c3ccc(N(c4ccccc4)c4ccc5c6c(cccc46)C4(c6ccccc6-c6ccccc64)c4ccccc4-5)cc32)cc1. The Hall–Kier alpha value is -7.94. The van der Waals surface area contributed by atoms with E-state index in [1.807, 2.05) is 0 Å². The number of benzene rings is 10. The van der Waals surface area contributed by atoms with Crippen molar-refractivity contribution in [2.75, 3.05) is 4.90 Å². The highest BCUT2D eigenvalue weighted by molar-refractivity contribution is 6.14. The number of aromatic nitrogens is 1. The van der Waals surface area contributed by atoms with Crippen molar-refractivity contribution in [2.45, 2.75) is 5.41 Å². The van der Waals surface area contributed by atoms with E-state index in [4.69, 9.17) is 0 Å². The minimum Gasteiger partial charge on any atom is -0.310 e. The molecule has 0 fully saturated rings. The molecule has 2 aliphatic rings. The molecule has 0 bridgehead atoms. The average Bonchev–Trinajstić information content (AvgIpc) is 3.82. The van der Waals surface area contributed by atoms with Crippen molar-refractivity contribution in [3.05, 3.63) is 253 Å². The summed E-state index contributed by atoms with van der Waals surface area (Å²) < 4.78 is 2.47. The molecule has 0 amide bonds. The van der Waals surface area contributed by atoms with E-state index in [1.54, 1.807) is 0 Å². The van der Waals surface area contributed by atoms with Gasteiger partial charge in [0, 0.05) is 33.1 Å². The summed E-state index contributed by atoms with van der Waals surface area (Å²) in [5.41, 5.74) is 19.4. The van der Waals surface area contributed by atoms with Gasteiger partial charge in [-0.2, -0.15) is 0 Å². The van der Waals surface area contributed by atoms with Crippen LogP contribution in [0.2, 0.25) is 0 Å². The second kappa shape index (κ2) is 13.0. The van der Waals surface area contributed by atoms with Gasteiger partial charge < -0.3 is 9.47 Å². The van der Waals surface area contributed by atoms with Crippen molar-refractivity contribution in [2.24, 2.45) is 0 Å². The number of fused-ring (bicyclic) bond motifs is 12. The summed E-state index contributed by atoms with van der Waals surface area (Å²) in [6, 6.07) is 85.3. The maximum Gasteiger partial charge on any atom is 0.0725 e. The van der Waals surface area contributed by atoms with E-state index in [-0.39, 0.29) is 0 Å². The fourth-order valence-electron chi connectivity index (χ4n) is 11.0. The van der Waals surface area contributed by atoms with E-state index < -0.39 is 5.41 Å². The second-order valence-electron chi connectivity index (χ2n) is 16.4. The molecule has 0 saturated carbocycles. The summed E-state index contributed by atoms with van der Waals surface area (Å²) in [5.74, 6) is 0. The number of rotatable bonds is 5. The first-order chi connectivity index (χ1) is 30.3. The number of nitrogens with zero attached hydrogens (tertiary/aromatic N) is 2. The number of hydrogen-bond acceptors (Lipinski definition) is 1. The van der Waals surface area contributed by atoms with Crippen LogP contribution in [0.1, 0.15) is 22.3 Å². The third kappa shape index (κ3) is 4.67. The Morgan fingerprint density at radius 3 is 1.59 bits per heavy atom. The lowest BCUT2D eigenvalue weighted by molar-refractivity contribution is 0.773. The highest BCUT2D eigenvalue weighted by Crippen LogP contribution is 2.62. The molecule has 284 valence electrons. The predicted octanol–water partition coefficient (Wildman–Crippen LogP) is 15.4. The quantitative estimate of drug-likeness (QED) is 0.169. The van der Waals surface area contributed by atoms with Crippen LogP contribution in [-0.2, 0) is 5.41 Å². The Kier molecular flexibility index (Phi) is 7.26. The molecule has 0 saturated heterocycles. The Morgan fingerprint density at radius 1 is 0.328 bits per heavy atom. The highest BCUT2D eigenvalue weighted by atomic mass is 15.1. The molecule has 1 spiro atoms. The van der Waals surface area contributed by atoms with Crippen LogP contribution in [0.5, 0.6) is 0 Å². The molecule has 1 heterocycles. The first kappa shape index (κ1) is 34.0. The van der Waals surface area contributed by atoms with E-state index in [0.29, 0.717) is 0 Å². The van der Waals surface area contributed by atoms with Crippen molar-refractivity contribution in [3.63, 3.8) is 0 Å². The van der Waals surface area contributed by atoms with Gasteiger partial charge in [0.1, 0.15) is 0 Å². The van der Waals surface area contributed by atoms with Crippen molar-refractivity contribution in [1.29, 1.82) is 0 Å². The minimum absolute atomic E-state index is 0.460. The molecule has 2 heteroatoms. The molecule has 0 aliphatic heterocycles. The number of para-hydroxylation sites is 3. The lowest BCUT2D eigenvalue weighted by atomic mass is 9.61. The van der Waals surface area contributed by atoms with Gasteiger partial charge in [-0.3, -0.25) is 0 Å². The zero-order valence-corrected chi connectivity index (χ0v) is 33.3. The summed E-state index contributed by atoms with van der Waals surface area (Å²) in [4.78, 5) is 2.47. The summed E-state index contributed by atoms with van der Waals surface area (Å²) in [6.45, 7) is 0. The molecular formula is C59H38N2. The molecule has 0 atom stereocenters. The van der Waals surface area contributed by atoms with Gasteiger partial charge in [-0.05, 0) is 97.9 Å². The van der Waals surface area contributed by atoms with Crippen LogP contribution in [0, 0.1) is 0 Å². The van der Waals surface area contributed by atoms with Gasteiger partial charge in [0.25, 0.3) is 0 Å². The molecule has 1 aromatic heterocycles. The predicted molar refractivity (Wildman–Crippen MR) is 255 cm³/mol. The summed E-state index contributed by atoms with van der Waals surface area (Å²) in [7, 11) is 0. The van der Waals surface area contributed by atoms with E-state index in [0.717, 1.165) is 28.3 Å². The van der Waals surface area contributed by atoms with Gasteiger partial charge in [0.05, 0.1) is 27.8 Å². The maximum atomic E-state index is 2.47. The van der Waals surface area contributed by atoms with E-state index in [9.17, 15) is 0 Å². The first-order valence-corrected chi connectivity index (χ1v) is 21.2. The third-order valence-corrected chi connectivity index (χ3v) is 13.4. The molecule has 11 aromatic rings. The van der Waals surface area contributed by atoms with Crippen molar-refractivity contribution >= 4 is 49.6 Å². The molecule has 13 rings (SSSR count). The monoisotopic (exact) mass is 774 g/mol. The summed E-state index contributed by atoms with van der Waals surface area (Å²) in [6.07, 6.45) is 0. The second-order valence-corrected chi connectivity index (χ2v) is 16.4. The van der Waals surface area contributed by atoms with Crippen LogP contribution in [0.25, 0.3) is 71.6 Å². The van der Waals surface area contributed by atoms with Crippen molar-refractivity contribution in [3.8, 4) is 39.1 Å².